The third-order valence-electron chi connectivity index (χ3n) is 21.2. The average Bonchev–Trinajstić information content (AvgIpc) is 1.64. The zero-order valence-electron chi connectivity index (χ0n) is 67.5. The second kappa shape index (κ2) is 79.7. The van der Waals surface area contributed by atoms with Gasteiger partial charge in [0.2, 0.25) is 11.4 Å². The summed E-state index contributed by atoms with van der Waals surface area (Å²) in [5, 5.41) is 0. The van der Waals surface area contributed by atoms with E-state index in [9.17, 15) is 5.53 Å². The van der Waals surface area contributed by atoms with Crippen molar-refractivity contribution in [3.05, 3.63) is 102 Å². The smallest absolute Gasteiger partial charge is 0.493 e. The molecule has 0 saturated heterocycles. The van der Waals surface area contributed by atoms with Gasteiger partial charge in [-0.15, -0.1) is 11.8 Å². The number of hydrogen-bond donors (Lipinski definition) is 0. The Morgan fingerprint density at radius 2 is 0.606 bits per heavy atom. The van der Waals surface area contributed by atoms with Gasteiger partial charge < -0.3 is 19.4 Å². The van der Waals surface area contributed by atoms with E-state index in [0.717, 1.165) is 80.3 Å². The molecule has 2 aromatic carbocycles. The fourth-order valence-corrected chi connectivity index (χ4v) is 14.6. The van der Waals surface area contributed by atoms with Gasteiger partial charge in [-0.3, -0.25) is 0 Å². The molecule has 0 bridgehead atoms. The van der Waals surface area contributed by atoms with E-state index < -0.39 is 0 Å². The summed E-state index contributed by atoms with van der Waals surface area (Å²) in [6.45, 7) is 19.2. The van der Waals surface area contributed by atoms with Gasteiger partial charge in [0.15, 0.2) is 0 Å². The van der Waals surface area contributed by atoms with Crippen LogP contribution in [0.15, 0.2) is 60.2 Å². The van der Waals surface area contributed by atoms with Crippen molar-refractivity contribution in [1.82, 2.24) is 0 Å². The van der Waals surface area contributed by atoms with Crippen LogP contribution in [0.25, 0.3) is 16.9 Å². The van der Waals surface area contributed by atoms with Crippen LogP contribution in [-0.2, 0) is 29.3 Å². The number of aryl methyl sites for hydroxylation is 2. The molecular weight excluding hydrogens is 1240 g/mol. The number of benzene rings is 2. The summed E-state index contributed by atoms with van der Waals surface area (Å²) in [5.41, 5.74) is 19.7. The van der Waals surface area contributed by atoms with Gasteiger partial charge in [0.1, 0.15) is 0 Å². The van der Waals surface area contributed by atoms with E-state index in [4.69, 9.17) is 0 Å². The van der Waals surface area contributed by atoms with Crippen molar-refractivity contribution in [3.63, 3.8) is 0 Å². The number of unbranched alkanes of at least 4 members (excludes halogenated alkanes) is 62. The van der Waals surface area contributed by atoms with Gasteiger partial charge in [-0.2, -0.15) is 12.8 Å². The van der Waals surface area contributed by atoms with Gasteiger partial charge in [-0.1, -0.05) is 457 Å². The van der Waals surface area contributed by atoms with Crippen LogP contribution in [0.3, 0.4) is 0 Å². The third-order valence-corrected chi connectivity index (χ3v) is 21.2. The van der Waals surface area contributed by atoms with E-state index in [0.29, 0.717) is 0 Å². The molecule has 2 aromatic rings. The first-order valence-corrected chi connectivity index (χ1v) is 44.7. The second-order valence-electron chi connectivity index (χ2n) is 30.7. The first-order chi connectivity index (χ1) is 48.5. The Kier molecular flexibility index (Phi) is 77.7. The average molecular weight is 1410 g/mol. The number of nitrogens with zero attached hydrogens (tertiary/aromatic N) is 2. The zero-order valence-corrected chi connectivity index (χ0v) is 68.5. The molecule has 0 spiro atoms. The van der Waals surface area contributed by atoms with Gasteiger partial charge >= 0.3 is 16.5 Å². The van der Waals surface area contributed by atoms with E-state index >= 15 is 0 Å². The van der Waals surface area contributed by atoms with Crippen molar-refractivity contribution < 1.29 is 21.2 Å². The van der Waals surface area contributed by atoms with E-state index in [1.807, 2.05) is 0 Å². The summed E-state index contributed by atoms with van der Waals surface area (Å²) in [7, 11) is 0. The topological polar surface area (TPSA) is 25.3 Å². The van der Waals surface area contributed by atoms with Gasteiger partial charge in [0.25, 0.3) is 0 Å². The molecule has 0 atom stereocenters. The van der Waals surface area contributed by atoms with E-state index in [2.05, 4.69) is 115 Å². The van der Waals surface area contributed by atoms with E-state index in [1.54, 1.807) is 0 Å². The number of rotatable bonds is 70. The fourth-order valence-electron chi connectivity index (χ4n) is 14.6. The summed E-state index contributed by atoms with van der Waals surface area (Å²) in [4.78, 5) is 0. The van der Waals surface area contributed by atoms with Crippen molar-refractivity contribution in [2.24, 2.45) is 0 Å². The largest absolute Gasteiger partial charge is 2.00 e. The second-order valence-corrected chi connectivity index (χ2v) is 30.7. The summed E-state index contributed by atoms with van der Waals surface area (Å²) >= 11 is 0. The summed E-state index contributed by atoms with van der Waals surface area (Å²) in [6, 6.07) is 17.5. The predicted molar refractivity (Wildman–Crippen MR) is 444 cm³/mol. The molecule has 3 heteroatoms. The van der Waals surface area contributed by atoms with Crippen LogP contribution in [0.4, 0.5) is 0 Å². The van der Waals surface area contributed by atoms with Crippen molar-refractivity contribution >= 4 is 11.4 Å². The van der Waals surface area contributed by atoms with Crippen LogP contribution in [0.5, 0.6) is 0 Å². The molecule has 1 aliphatic heterocycles. The molecule has 0 unspecified atom stereocenters. The molecule has 574 valence electrons. The molecule has 0 amide bonds. The van der Waals surface area contributed by atoms with Crippen molar-refractivity contribution in [1.29, 1.82) is 0 Å². The Bertz CT molecular complexity index is 2020. The minimum Gasteiger partial charge on any atom is -0.493 e. The van der Waals surface area contributed by atoms with Crippen LogP contribution in [0.1, 0.15) is 500 Å². The molecule has 1 heterocycles. The molecule has 0 aliphatic carbocycles. The van der Waals surface area contributed by atoms with Gasteiger partial charge in [-0.25, -0.2) is 4.70 Å². The summed E-state index contributed by atoms with van der Waals surface area (Å²) in [6.07, 6.45) is 100. The molecule has 0 aromatic heterocycles. The quantitative estimate of drug-likeness (QED) is 0.0207. The Balaban J connectivity index is 0.00000175. The molecule has 0 saturated carbocycles. The number of hydrogen-bond acceptors (Lipinski definition) is 0. The minimum absolute atomic E-state index is 0. The normalized spacial score (nSPS) is 11.9. The first-order valence-electron chi connectivity index (χ1n) is 44.7. The van der Waals surface area contributed by atoms with Crippen LogP contribution >= 0.6 is 0 Å². The molecule has 0 radical (unpaired) electrons. The molecule has 0 fully saturated rings. The molecule has 2 nitrogen and oxygen atoms in total. The van der Waals surface area contributed by atoms with Gasteiger partial charge in [-0.05, 0) is 67.9 Å². The Morgan fingerprint density at radius 1 is 0.303 bits per heavy atom. The first kappa shape index (κ1) is 96.6. The summed E-state index contributed by atoms with van der Waals surface area (Å²) in [5.74, 6) is 6.95. The monoisotopic (exact) mass is 1410 g/mol. The third kappa shape index (κ3) is 61.6. The molecule has 1 aliphatic rings. The Labute approximate surface area is 632 Å². The molecular formula is C96H170N2Ni. The Hall–Kier alpha value is -2.43. The maximum absolute atomic E-state index is 11.7. The van der Waals surface area contributed by atoms with Crippen molar-refractivity contribution in [3.8, 4) is 11.8 Å². The van der Waals surface area contributed by atoms with Crippen LogP contribution < -0.4 is 0 Å². The molecule has 3 rings (SSSR count). The minimum atomic E-state index is 0. The maximum Gasteiger partial charge on any atom is 2.00 e. The SMILES string of the molecule is CCCCCCCCCCCCCCCCCCCCCCC#CCCc1ccccc1C1=C(CCCC)C=C(c2cccc(CCCCCC)c2)[N+]1=[N-].[CH2-]CCCCCCCCCCCCCCCCCCCCC.[CH2-]CCCCCCCCCCCCCCCCCCCCC.[Ni+2]. The molecule has 0 N–H and O–H groups in total. The number of allylic oxidation sites excluding steroid dienone is 2. The van der Waals surface area contributed by atoms with Gasteiger partial charge in [0.05, 0.1) is 0 Å². The van der Waals surface area contributed by atoms with Crippen LogP contribution in [-0.4, -0.2) is 4.70 Å². The standard InChI is InChI=1S/C52H80N2.2C22H45.Ni/c1-4-7-10-12-13-14-15-16-17-18-19-20-21-22-23-24-25-26-27-28-29-30-31-33-40-47-41-34-35-43-50(47)52-49(39-9-6-3)45-51(54(52)53)48-42-36-38-46(44-48)37-32-11-8-5-2;2*1-3-5-7-9-11-13-15-17-19-21-22-20-18-16-14-12-10-8-6-4-2;/h34-36,38,41-45H,4-29,32-33,37,39-40H2,1-3H3;2*1,3-22H2,2H3;/q;2*-1;+2. The van der Waals surface area contributed by atoms with E-state index in [1.165, 1.54) is 419 Å². The maximum atomic E-state index is 11.7. The summed E-state index contributed by atoms with van der Waals surface area (Å²) < 4.78 is 1.48. The van der Waals surface area contributed by atoms with Crippen LogP contribution in [0.2, 0.25) is 0 Å². The Morgan fingerprint density at radius 3 is 0.949 bits per heavy atom. The molecule has 99 heavy (non-hydrogen) atoms. The van der Waals surface area contributed by atoms with Gasteiger partial charge in [0, 0.05) is 35.6 Å². The van der Waals surface area contributed by atoms with Crippen molar-refractivity contribution in [2.75, 3.05) is 0 Å². The van der Waals surface area contributed by atoms with Crippen LogP contribution in [0, 0.1) is 25.7 Å². The van der Waals surface area contributed by atoms with Crippen molar-refractivity contribution in [2.45, 2.75) is 490 Å². The van der Waals surface area contributed by atoms with E-state index in [-0.39, 0.29) is 16.5 Å². The predicted octanol–water partition coefficient (Wildman–Crippen LogP) is 34.2. The fraction of sp³-hybridized carbons (Fsp3) is 0.792. The zero-order chi connectivity index (χ0) is 70.6.